The minimum Gasteiger partial charge on any atom is -0.393 e. The van der Waals surface area contributed by atoms with Crippen LogP contribution in [0.2, 0.25) is 0 Å². The lowest BCUT2D eigenvalue weighted by Gasteiger charge is -2.30. The fourth-order valence-electron chi connectivity index (χ4n) is 3.28. The van der Waals surface area contributed by atoms with E-state index in [9.17, 15) is 9.90 Å². The second-order valence-corrected chi connectivity index (χ2v) is 7.15. The zero-order valence-electron chi connectivity index (χ0n) is 15.2. The number of hydrogen-bond donors (Lipinski definition) is 2. The molecule has 5 heteroatoms. The van der Waals surface area contributed by atoms with Crippen LogP contribution in [0.4, 0.5) is 5.69 Å². The second-order valence-electron chi connectivity index (χ2n) is 7.15. The maximum absolute atomic E-state index is 12.1. The summed E-state index contributed by atoms with van der Waals surface area (Å²) in [5.74, 6) is 0.328. The molecule has 1 amide bonds. The average Bonchev–Trinajstić information content (AvgIpc) is 2.55. The summed E-state index contributed by atoms with van der Waals surface area (Å²) >= 11 is 0. The van der Waals surface area contributed by atoms with Gasteiger partial charge in [0.05, 0.1) is 12.6 Å². The summed E-state index contributed by atoms with van der Waals surface area (Å²) < 4.78 is 0. The fourth-order valence-corrected chi connectivity index (χ4v) is 3.28. The predicted molar refractivity (Wildman–Crippen MR) is 98.1 cm³/mol. The number of benzene rings is 1. The van der Waals surface area contributed by atoms with Gasteiger partial charge in [-0.05, 0) is 43.5 Å². The molecule has 0 heterocycles. The van der Waals surface area contributed by atoms with E-state index < -0.39 is 0 Å². The molecular formula is C19H31N3O2. The summed E-state index contributed by atoms with van der Waals surface area (Å²) in [6.45, 7) is 1.71. The first kappa shape index (κ1) is 18.7. The number of anilines is 1. The molecule has 1 aliphatic rings. The van der Waals surface area contributed by atoms with Crippen molar-refractivity contribution in [2.24, 2.45) is 5.92 Å². The number of rotatable bonds is 7. The van der Waals surface area contributed by atoms with Crippen molar-refractivity contribution < 1.29 is 9.90 Å². The topological polar surface area (TPSA) is 55.8 Å². The van der Waals surface area contributed by atoms with Crippen molar-refractivity contribution in [1.29, 1.82) is 0 Å². The van der Waals surface area contributed by atoms with E-state index >= 15 is 0 Å². The number of aliphatic hydroxyl groups excluding tert-OH is 1. The van der Waals surface area contributed by atoms with Crippen LogP contribution in [0.5, 0.6) is 0 Å². The van der Waals surface area contributed by atoms with Crippen LogP contribution in [0.1, 0.15) is 31.2 Å². The molecule has 0 radical (unpaired) electrons. The molecule has 134 valence electrons. The summed E-state index contributed by atoms with van der Waals surface area (Å²) in [5, 5.41) is 13.0. The van der Waals surface area contributed by atoms with Gasteiger partial charge < -0.3 is 15.3 Å². The summed E-state index contributed by atoms with van der Waals surface area (Å²) in [4.78, 5) is 16.2. The van der Waals surface area contributed by atoms with Crippen molar-refractivity contribution in [3.8, 4) is 0 Å². The van der Waals surface area contributed by atoms with E-state index in [1.807, 2.05) is 38.2 Å². The maximum atomic E-state index is 12.1. The number of carbonyl (C=O) groups excluding carboxylic acids is 1. The number of hydrogen-bond acceptors (Lipinski definition) is 4. The molecule has 1 aliphatic carbocycles. The molecule has 2 N–H and O–H groups in total. The molecule has 0 spiro atoms. The third-order valence-corrected chi connectivity index (χ3v) is 4.77. The zero-order chi connectivity index (χ0) is 17.5. The molecule has 0 bridgehead atoms. The van der Waals surface area contributed by atoms with Gasteiger partial charge in [0.25, 0.3) is 0 Å². The van der Waals surface area contributed by atoms with E-state index in [0.717, 1.165) is 37.1 Å². The number of likely N-dealkylation sites (N-methyl/N-ethyl adjacent to an activating group) is 1. The average molecular weight is 333 g/mol. The van der Waals surface area contributed by atoms with Gasteiger partial charge >= 0.3 is 0 Å². The molecule has 1 fully saturated rings. The number of carbonyl (C=O) groups is 1. The monoisotopic (exact) mass is 333 g/mol. The Labute approximate surface area is 145 Å². The molecular weight excluding hydrogens is 302 g/mol. The van der Waals surface area contributed by atoms with Gasteiger partial charge in [-0.25, -0.2) is 0 Å². The van der Waals surface area contributed by atoms with Crippen LogP contribution in [-0.4, -0.2) is 56.3 Å². The largest absolute Gasteiger partial charge is 0.393 e. The molecule has 2 unspecified atom stereocenters. The summed E-state index contributed by atoms with van der Waals surface area (Å²) in [6, 6.07) is 8.19. The van der Waals surface area contributed by atoms with Crippen LogP contribution in [-0.2, 0) is 11.3 Å². The lowest BCUT2D eigenvalue weighted by molar-refractivity contribution is -0.122. The molecule has 1 aromatic carbocycles. The molecule has 1 saturated carbocycles. The highest BCUT2D eigenvalue weighted by Crippen LogP contribution is 2.24. The highest BCUT2D eigenvalue weighted by molar-refractivity contribution is 5.78. The van der Waals surface area contributed by atoms with Gasteiger partial charge in [-0.15, -0.1) is 0 Å². The Morgan fingerprint density at radius 3 is 2.46 bits per heavy atom. The Kier molecular flexibility index (Phi) is 7.06. The summed E-state index contributed by atoms with van der Waals surface area (Å²) in [6.07, 6.45) is 4.05. The Balaban J connectivity index is 1.72. The molecule has 0 aromatic heterocycles. The predicted octanol–water partition coefficient (Wildman–Crippen LogP) is 1.85. The molecule has 24 heavy (non-hydrogen) atoms. The quantitative estimate of drug-likeness (QED) is 0.800. The van der Waals surface area contributed by atoms with Crippen molar-refractivity contribution in [1.82, 2.24) is 10.2 Å². The van der Waals surface area contributed by atoms with Gasteiger partial charge in [-0.2, -0.15) is 0 Å². The Bertz CT molecular complexity index is 516. The van der Waals surface area contributed by atoms with Crippen LogP contribution in [0.15, 0.2) is 24.3 Å². The highest BCUT2D eigenvalue weighted by Gasteiger charge is 2.24. The zero-order valence-corrected chi connectivity index (χ0v) is 15.2. The lowest BCUT2D eigenvalue weighted by atomic mass is 9.86. The Morgan fingerprint density at radius 1 is 1.17 bits per heavy atom. The molecule has 1 aromatic rings. The third kappa shape index (κ3) is 5.80. The molecule has 2 atom stereocenters. The molecule has 5 nitrogen and oxygen atoms in total. The highest BCUT2D eigenvalue weighted by atomic mass is 16.3. The first-order chi connectivity index (χ1) is 11.5. The van der Waals surface area contributed by atoms with E-state index in [1.54, 1.807) is 0 Å². The van der Waals surface area contributed by atoms with Crippen LogP contribution >= 0.6 is 0 Å². The Hall–Kier alpha value is -1.59. The van der Waals surface area contributed by atoms with Crippen molar-refractivity contribution in [3.05, 3.63) is 29.8 Å². The standard InChI is InChI=1S/C19H31N3O2/c1-21(2)17-10-8-15(9-11-17)12-20-19(24)14-22(3)13-16-6-4-5-7-18(16)23/h8-11,16,18,23H,4-7,12-14H2,1-3H3,(H,20,24). The molecule has 0 aliphatic heterocycles. The van der Waals surface area contributed by atoms with Gasteiger partial charge in [0.2, 0.25) is 5.91 Å². The molecule has 0 saturated heterocycles. The van der Waals surface area contributed by atoms with Gasteiger partial charge in [-0.1, -0.05) is 25.0 Å². The van der Waals surface area contributed by atoms with Gasteiger partial charge in [-0.3, -0.25) is 9.69 Å². The van der Waals surface area contributed by atoms with Crippen LogP contribution in [0.25, 0.3) is 0 Å². The van der Waals surface area contributed by atoms with Crippen molar-refractivity contribution in [2.45, 2.75) is 38.3 Å². The van der Waals surface area contributed by atoms with Gasteiger partial charge in [0.1, 0.15) is 0 Å². The van der Waals surface area contributed by atoms with Crippen LogP contribution < -0.4 is 10.2 Å². The van der Waals surface area contributed by atoms with E-state index in [-0.39, 0.29) is 12.0 Å². The summed E-state index contributed by atoms with van der Waals surface area (Å²) in [5.41, 5.74) is 2.25. The lowest BCUT2D eigenvalue weighted by Crippen LogP contribution is -2.40. The minimum absolute atomic E-state index is 0.0273. The normalized spacial score (nSPS) is 20.9. The SMILES string of the molecule is CN(CC(=O)NCc1ccc(N(C)C)cc1)CC1CCCCC1O. The first-order valence-electron chi connectivity index (χ1n) is 8.85. The third-order valence-electron chi connectivity index (χ3n) is 4.77. The van der Waals surface area contributed by atoms with Crippen LogP contribution in [0.3, 0.4) is 0 Å². The van der Waals surface area contributed by atoms with E-state index in [4.69, 9.17) is 0 Å². The number of nitrogens with one attached hydrogen (secondary N) is 1. The summed E-state index contributed by atoms with van der Waals surface area (Å²) in [7, 11) is 5.97. The number of nitrogens with zero attached hydrogens (tertiary/aromatic N) is 2. The Morgan fingerprint density at radius 2 is 1.83 bits per heavy atom. The van der Waals surface area contributed by atoms with Gasteiger partial charge in [0.15, 0.2) is 0 Å². The van der Waals surface area contributed by atoms with Crippen LogP contribution in [0, 0.1) is 5.92 Å². The molecule has 2 rings (SSSR count). The van der Waals surface area contributed by atoms with Crippen molar-refractivity contribution in [2.75, 3.05) is 39.1 Å². The number of amides is 1. The minimum atomic E-state index is -0.209. The van der Waals surface area contributed by atoms with E-state index in [1.165, 1.54) is 6.42 Å². The van der Waals surface area contributed by atoms with E-state index in [2.05, 4.69) is 22.3 Å². The van der Waals surface area contributed by atoms with E-state index in [0.29, 0.717) is 19.0 Å². The smallest absolute Gasteiger partial charge is 0.234 e. The van der Waals surface area contributed by atoms with Gasteiger partial charge in [0, 0.05) is 32.9 Å². The second kappa shape index (κ2) is 9.04. The number of aliphatic hydroxyl groups is 1. The fraction of sp³-hybridized carbons (Fsp3) is 0.632. The maximum Gasteiger partial charge on any atom is 0.234 e. The first-order valence-corrected chi connectivity index (χ1v) is 8.85. The van der Waals surface area contributed by atoms with Crippen molar-refractivity contribution >= 4 is 11.6 Å². The van der Waals surface area contributed by atoms with Crippen molar-refractivity contribution in [3.63, 3.8) is 0 Å².